The summed E-state index contributed by atoms with van der Waals surface area (Å²) in [6.45, 7) is 6.43. The van der Waals surface area contributed by atoms with Gasteiger partial charge in [-0.3, -0.25) is 4.79 Å². The molecule has 0 saturated carbocycles. The molecule has 0 aliphatic rings. The molecule has 0 bridgehead atoms. The molecule has 0 aliphatic heterocycles. The average Bonchev–Trinajstić information content (AvgIpc) is 2.37. The third-order valence-corrected chi connectivity index (χ3v) is 3.30. The summed E-state index contributed by atoms with van der Waals surface area (Å²) >= 11 is 0. The number of ether oxygens (including phenoxy) is 1. The molecule has 0 fully saturated rings. The zero-order valence-electron chi connectivity index (χ0n) is 12.9. The maximum atomic E-state index is 12.3. The summed E-state index contributed by atoms with van der Waals surface area (Å²) in [6, 6.07) is 5.36. The number of nitrogens with one attached hydrogen (secondary N) is 1. The van der Waals surface area contributed by atoms with Gasteiger partial charge in [-0.15, -0.1) is 0 Å². The van der Waals surface area contributed by atoms with E-state index >= 15 is 0 Å². The summed E-state index contributed by atoms with van der Waals surface area (Å²) in [7, 11) is 1.54. The van der Waals surface area contributed by atoms with Crippen molar-refractivity contribution >= 4 is 11.6 Å². The number of nitrogens with two attached hydrogens (primary N) is 1. The molecule has 1 unspecified atom stereocenters. The third kappa shape index (κ3) is 4.76. The number of amides is 1. The summed E-state index contributed by atoms with van der Waals surface area (Å²) in [5, 5.41) is 2.99. The number of nitrogen functional groups attached to an aromatic ring is 1. The van der Waals surface area contributed by atoms with Crippen molar-refractivity contribution in [1.82, 2.24) is 5.32 Å². The highest BCUT2D eigenvalue weighted by atomic mass is 16.5. The quantitative estimate of drug-likeness (QED) is 0.753. The number of hydrogen-bond donors (Lipinski definition) is 2. The molecule has 1 atom stereocenters. The van der Waals surface area contributed by atoms with Gasteiger partial charge in [-0.05, 0) is 31.4 Å². The summed E-state index contributed by atoms with van der Waals surface area (Å²) in [5.41, 5.74) is 6.74. The monoisotopic (exact) mass is 278 g/mol. The Bertz CT molecular complexity index is 444. The van der Waals surface area contributed by atoms with Crippen LogP contribution < -0.4 is 15.8 Å². The number of carbonyl (C=O) groups excluding carboxylic acids is 1. The highest BCUT2D eigenvalue weighted by Crippen LogP contribution is 2.24. The minimum atomic E-state index is -0.169. The summed E-state index contributed by atoms with van der Waals surface area (Å²) in [6.07, 6.45) is 3.26. The maximum absolute atomic E-state index is 12.3. The first-order valence-corrected chi connectivity index (χ1v) is 7.19. The van der Waals surface area contributed by atoms with Gasteiger partial charge in [-0.25, -0.2) is 0 Å². The minimum Gasteiger partial charge on any atom is -0.496 e. The van der Waals surface area contributed by atoms with Crippen LogP contribution in [0.5, 0.6) is 5.75 Å². The molecule has 20 heavy (non-hydrogen) atoms. The second-order valence-corrected chi connectivity index (χ2v) is 5.62. The molecule has 4 nitrogen and oxygen atoms in total. The second kappa shape index (κ2) is 7.78. The molecule has 0 spiro atoms. The van der Waals surface area contributed by atoms with Crippen LogP contribution in [-0.2, 0) is 0 Å². The fourth-order valence-corrected chi connectivity index (χ4v) is 2.16. The van der Waals surface area contributed by atoms with Gasteiger partial charge in [-0.2, -0.15) is 0 Å². The molecular formula is C16H26N2O2. The minimum absolute atomic E-state index is 0.130. The molecule has 0 aliphatic carbocycles. The van der Waals surface area contributed by atoms with E-state index in [0.717, 1.165) is 12.8 Å². The van der Waals surface area contributed by atoms with Gasteiger partial charge in [0.2, 0.25) is 0 Å². The molecular weight excluding hydrogens is 252 g/mol. The first kappa shape index (κ1) is 16.3. The molecule has 112 valence electrons. The molecule has 3 N–H and O–H groups in total. The van der Waals surface area contributed by atoms with Crippen molar-refractivity contribution in [2.75, 3.05) is 12.8 Å². The Morgan fingerprint density at radius 2 is 2.00 bits per heavy atom. The van der Waals surface area contributed by atoms with Crippen LogP contribution in [0.1, 0.15) is 50.4 Å². The SMILES string of the molecule is COc1cccc(N)c1C(=O)NC(C)CCCC(C)C. The Morgan fingerprint density at radius 1 is 1.30 bits per heavy atom. The van der Waals surface area contributed by atoms with Crippen LogP contribution in [0.25, 0.3) is 0 Å². The molecule has 0 radical (unpaired) electrons. The van der Waals surface area contributed by atoms with Crippen LogP contribution in [0.15, 0.2) is 18.2 Å². The van der Waals surface area contributed by atoms with E-state index in [1.807, 2.05) is 6.92 Å². The number of carbonyl (C=O) groups is 1. The lowest BCUT2D eigenvalue weighted by Gasteiger charge is -2.16. The predicted molar refractivity (Wildman–Crippen MR) is 83.0 cm³/mol. The lowest BCUT2D eigenvalue weighted by atomic mass is 10.0. The van der Waals surface area contributed by atoms with Gasteiger partial charge >= 0.3 is 0 Å². The smallest absolute Gasteiger partial charge is 0.257 e. The van der Waals surface area contributed by atoms with E-state index in [9.17, 15) is 4.79 Å². The fourth-order valence-electron chi connectivity index (χ4n) is 2.16. The van der Waals surface area contributed by atoms with Crippen molar-refractivity contribution in [2.24, 2.45) is 5.92 Å². The van der Waals surface area contributed by atoms with Crippen molar-refractivity contribution in [3.8, 4) is 5.75 Å². The average molecular weight is 278 g/mol. The van der Waals surface area contributed by atoms with Gasteiger partial charge < -0.3 is 15.8 Å². The fraction of sp³-hybridized carbons (Fsp3) is 0.562. The van der Waals surface area contributed by atoms with Gasteiger partial charge in [0, 0.05) is 11.7 Å². The van der Waals surface area contributed by atoms with Gasteiger partial charge in [0.25, 0.3) is 5.91 Å². The number of hydrogen-bond acceptors (Lipinski definition) is 3. The molecule has 1 amide bonds. The van der Waals surface area contributed by atoms with E-state index in [4.69, 9.17) is 10.5 Å². The Kier molecular flexibility index (Phi) is 6.36. The van der Waals surface area contributed by atoms with Gasteiger partial charge in [0.05, 0.1) is 7.11 Å². The summed E-state index contributed by atoms with van der Waals surface area (Å²) < 4.78 is 5.20. The normalized spacial score (nSPS) is 12.2. The van der Waals surface area contributed by atoms with Crippen LogP contribution in [-0.4, -0.2) is 19.1 Å². The van der Waals surface area contributed by atoms with Crippen LogP contribution in [0.4, 0.5) is 5.69 Å². The standard InChI is InChI=1S/C16H26N2O2/c1-11(2)7-5-8-12(3)18-16(19)15-13(17)9-6-10-14(15)20-4/h6,9-12H,5,7-8,17H2,1-4H3,(H,18,19). The van der Waals surface area contributed by atoms with E-state index < -0.39 is 0 Å². The van der Waals surface area contributed by atoms with E-state index in [1.165, 1.54) is 13.5 Å². The van der Waals surface area contributed by atoms with Gasteiger partial charge in [0.1, 0.15) is 11.3 Å². The molecule has 1 aromatic carbocycles. The maximum Gasteiger partial charge on any atom is 0.257 e. The van der Waals surface area contributed by atoms with E-state index in [1.54, 1.807) is 18.2 Å². The predicted octanol–water partition coefficient (Wildman–Crippen LogP) is 3.22. The molecule has 0 aromatic heterocycles. The Hall–Kier alpha value is -1.71. The second-order valence-electron chi connectivity index (χ2n) is 5.62. The molecule has 0 saturated heterocycles. The lowest BCUT2D eigenvalue weighted by Crippen LogP contribution is -2.33. The van der Waals surface area contributed by atoms with E-state index in [2.05, 4.69) is 19.2 Å². The van der Waals surface area contributed by atoms with Crippen LogP contribution in [0, 0.1) is 5.92 Å². The van der Waals surface area contributed by atoms with Crippen molar-refractivity contribution in [2.45, 2.75) is 46.1 Å². The van der Waals surface area contributed by atoms with Crippen LogP contribution >= 0.6 is 0 Å². The number of rotatable bonds is 7. The van der Waals surface area contributed by atoms with E-state index in [-0.39, 0.29) is 11.9 Å². The van der Waals surface area contributed by atoms with Gasteiger partial charge in [0.15, 0.2) is 0 Å². The highest BCUT2D eigenvalue weighted by molar-refractivity contribution is 6.02. The largest absolute Gasteiger partial charge is 0.496 e. The lowest BCUT2D eigenvalue weighted by molar-refractivity contribution is 0.0935. The first-order valence-electron chi connectivity index (χ1n) is 7.19. The van der Waals surface area contributed by atoms with Crippen molar-refractivity contribution < 1.29 is 9.53 Å². The Morgan fingerprint density at radius 3 is 2.60 bits per heavy atom. The summed E-state index contributed by atoms with van der Waals surface area (Å²) in [4.78, 5) is 12.3. The zero-order chi connectivity index (χ0) is 15.1. The third-order valence-electron chi connectivity index (χ3n) is 3.30. The number of anilines is 1. The Labute approximate surface area is 121 Å². The molecule has 0 heterocycles. The molecule has 1 rings (SSSR count). The number of benzene rings is 1. The first-order chi connectivity index (χ1) is 9.45. The molecule has 4 heteroatoms. The molecule has 1 aromatic rings. The summed E-state index contributed by atoms with van der Waals surface area (Å²) in [5.74, 6) is 1.04. The number of methoxy groups -OCH3 is 1. The van der Waals surface area contributed by atoms with Crippen LogP contribution in [0.3, 0.4) is 0 Å². The van der Waals surface area contributed by atoms with Crippen LogP contribution in [0.2, 0.25) is 0 Å². The van der Waals surface area contributed by atoms with Crippen molar-refractivity contribution in [1.29, 1.82) is 0 Å². The highest BCUT2D eigenvalue weighted by Gasteiger charge is 2.17. The Balaban J connectivity index is 2.62. The topological polar surface area (TPSA) is 64.3 Å². The van der Waals surface area contributed by atoms with Crippen molar-refractivity contribution in [3.05, 3.63) is 23.8 Å². The van der Waals surface area contributed by atoms with E-state index in [0.29, 0.717) is 22.9 Å². The zero-order valence-corrected chi connectivity index (χ0v) is 12.9. The van der Waals surface area contributed by atoms with Crippen molar-refractivity contribution in [3.63, 3.8) is 0 Å². The van der Waals surface area contributed by atoms with Gasteiger partial charge in [-0.1, -0.05) is 32.8 Å².